The SMILES string of the molecule is Cc1cc(C)c(C)c(OCC(O)CN2C(=O)CCC2=O)c1. The minimum absolute atomic E-state index is 0.00150. The number of hydrogen-bond acceptors (Lipinski definition) is 4. The molecule has 2 rings (SSSR count). The smallest absolute Gasteiger partial charge is 0.229 e. The van der Waals surface area contributed by atoms with Crippen molar-refractivity contribution in [2.45, 2.75) is 39.7 Å². The van der Waals surface area contributed by atoms with Crippen LogP contribution in [0.25, 0.3) is 0 Å². The summed E-state index contributed by atoms with van der Waals surface area (Å²) in [4.78, 5) is 24.1. The zero-order valence-electron chi connectivity index (χ0n) is 12.7. The molecular weight excluding hydrogens is 270 g/mol. The van der Waals surface area contributed by atoms with E-state index in [1.54, 1.807) is 0 Å². The number of aryl methyl sites for hydroxylation is 2. The largest absolute Gasteiger partial charge is 0.491 e. The van der Waals surface area contributed by atoms with Crippen LogP contribution < -0.4 is 4.74 Å². The summed E-state index contributed by atoms with van der Waals surface area (Å²) < 4.78 is 5.64. The van der Waals surface area contributed by atoms with Gasteiger partial charge in [-0.15, -0.1) is 0 Å². The van der Waals surface area contributed by atoms with E-state index in [-0.39, 0.29) is 37.8 Å². The van der Waals surface area contributed by atoms with Gasteiger partial charge in [0.15, 0.2) is 0 Å². The molecule has 1 fully saturated rings. The van der Waals surface area contributed by atoms with Crippen molar-refractivity contribution in [1.82, 2.24) is 4.90 Å². The molecule has 5 heteroatoms. The predicted molar refractivity (Wildman–Crippen MR) is 78.1 cm³/mol. The first-order chi connectivity index (χ1) is 9.88. The Morgan fingerprint density at radius 3 is 2.43 bits per heavy atom. The Morgan fingerprint density at radius 1 is 1.19 bits per heavy atom. The number of carbonyl (C=O) groups excluding carboxylic acids is 2. The summed E-state index contributed by atoms with van der Waals surface area (Å²) in [6, 6.07) is 3.99. The van der Waals surface area contributed by atoms with Crippen molar-refractivity contribution in [2.24, 2.45) is 0 Å². The van der Waals surface area contributed by atoms with E-state index in [9.17, 15) is 14.7 Å². The van der Waals surface area contributed by atoms with Crippen molar-refractivity contribution in [3.63, 3.8) is 0 Å². The molecule has 2 amide bonds. The number of hydrogen-bond donors (Lipinski definition) is 1. The van der Waals surface area contributed by atoms with E-state index in [2.05, 4.69) is 6.07 Å². The summed E-state index contributed by atoms with van der Waals surface area (Å²) in [6.07, 6.45) is -0.401. The molecule has 0 radical (unpaired) electrons. The number of likely N-dealkylation sites (tertiary alicyclic amines) is 1. The summed E-state index contributed by atoms with van der Waals surface area (Å²) in [5.74, 6) is 0.286. The van der Waals surface area contributed by atoms with E-state index in [1.807, 2.05) is 26.8 Å². The van der Waals surface area contributed by atoms with Gasteiger partial charge in [0, 0.05) is 12.8 Å². The quantitative estimate of drug-likeness (QED) is 0.835. The molecule has 0 aliphatic carbocycles. The third-order valence-electron chi connectivity index (χ3n) is 3.74. The summed E-state index contributed by atoms with van der Waals surface area (Å²) in [6.45, 7) is 6.01. The Kier molecular flexibility index (Phi) is 4.63. The van der Waals surface area contributed by atoms with E-state index >= 15 is 0 Å². The summed E-state index contributed by atoms with van der Waals surface area (Å²) in [5, 5.41) is 9.96. The van der Waals surface area contributed by atoms with Gasteiger partial charge in [-0.05, 0) is 43.5 Å². The van der Waals surface area contributed by atoms with Crippen LogP contribution in [0.1, 0.15) is 29.5 Å². The van der Waals surface area contributed by atoms with Crippen LogP contribution in [-0.2, 0) is 9.59 Å². The van der Waals surface area contributed by atoms with Crippen LogP contribution in [0.3, 0.4) is 0 Å². The van der Waals surface area contributed by atoms with E-state index in [0.29, 0.717) is 0 Å². The van der Waals surface area contributed by atoms with Crippen LogP contribution in [0, 0.1) is 20.8 Å². The highest BCUT2D eigenvalue weighted by Gasteiger charge is 2.30. The van der Waals surface area contributed by atoms with Crippen LogP contribution in [0.5, 0.6) is 5.75 Å². The lowest BCUT2D eigenvalue weighted by molar-refractivity contribution is -0.140. The number of aliphatic hydroxyl groups is 1. The first kappa shape index (κ1) is 15.5. The highest BCUT2D eigenvalue weighted by Crippen LogP contribution is 2.23. The van der Waals surface area contributed by atoms with Gasteiger partial charge in [-0.25, -0.2) is 0 Å². The van der Waals surface area contributed by atoms with Crippen molar-refractivity contribution in [2.75, 3.05) is 13.2 Å². The number of imide groups is 1. The lowest BCUT2D eigenvalue weighted by atomic mass is 10.1. The molecule has 1 N–H and O–H groups in total. The summed E-state index contributed by atoms with van der Waals surface area (Å²) in [5.41, 5.74) is 3.25. The van der Waals surface area contributed by atoms with Crippen LogP contribution in [-0.4, -0.2) is 41.1 Å². The molecular formula is C16H21NO4. The lowest BCUT2D eigenvalue weighted by Crippen LogP contribution is -2.38. The second-order valence-electron chi connectivity index (χ2n) is 5.57. The first-order valence-corrected chi connectivity index (χ1v) is 7.10. The van der Waals surface area contributed by atoms with E-state index < -0.39 is 6.10 Å². The Morgan fingerprint density at radius 2 is 1.81 bits per heavy atom. The molecule has 1 aliphatic rings. The number of amides is 2. The minimum Gasteiger partial charge on any atom is -0.491 e. The van der Waals surface area contributed by atoms with Crippen molar-refractivity contribution < 1.29 is 19.4 Å². The van der Waals surface area contributed by atoms with Gasteiger partial charge in [0.2, 0.25) is 11.8 Å². The standard InChI is InChI=1S/C16H21NO4/c1-10-6-11(2)12(3)14(7-10)21-9-13(18)8-17-15(19)4-5-16(17)20/h6-7,13,18H,4-5,8-9H2,1-3H3. The number of ether oxygens (including phenoxy) is 1. The van der Waals surface area contributed by atoms with Crippen molar-refractivity contribution >= 4 is 11.8 Å². The topological polar surface area (TPSA) is 66.8 Å². The maximum atomic E-state index is 11.5. The van der Waals surface area contributed by atoms with Crippen molar-refractivity contribution in [1.29, 1.82) is 0 Å². The molecule has 21 heavy (non-hydrogen) atoms. The Bertz CT molecular complexity index is 552. The first-order valence-electron chi connectivity index (χ1n) is 7.10. The van der Waals surface area contributed by atoms with Crippen molar-refractivity contribution in [3.05, 3.63) is 28.8 Å². The molecule has 1 atom stereocenters. The third-order valence-corrected chi connectivity index (χ3v) is 3.74. The van der Waals surface area contributed by atoms with E-state index in [0.717, 1.165) is 27.3 Å². The number of benzene rings is 1. The van der Waals surface area contributed by atoms with Gasteiger partial charge in [-0.2, -0.15) is 0 Å². The zero-order chi connectivity index (χ0) is 15.6. The average Bonchev–Trinajstić information content (AvgIpc) is 2.73. The van der Waals surface area contributed by atoms with Gasteiger partial charge in [-0.1, -0.05) is 6.07 Å². The van der Waals surface area contributed by atoms with E-state index in [1.165, 1.54) is 0 Å². The van der Waals surface area contributed by atoms with Crippen LogP contribution in [0.15, 0.2) is 12.1 Å². The normalized spacial score (nSPS) is 16.5. The summed E-state index contributed by atoms with van der Waals surface area (Å²) >= 11 is 0. The molecule has 0 spiro atoms. The van der Waals surface area contributed by atoms with Gasteiger partial charge < -0.3 is 9.84 Å². The van der Waals surface area contributed by atoms with Crippen LogP contribution in [0.2, 0.25) is 0 Å². The number of nitrogens with zero attached hydrogens (tertiary/aromatic N) is 1. The molecule has 114 valence electrons. The third kappa shape index (κ3) is 3.61. The van der Waals surface area contributed by atoms with E-state index in [4.69, 9.17) is 4.74 Å². The fourth-order valence-corrected chi connectivity index (χ4v) is 2.43. The number of aliphatic hydroxyl groups excluding tert-OH is 1. The highest BCUT2D eigenvalue weighted by molar-refractivity contribution is 6.01. The van der Waals surface area contributed by atoms with Crippen LogP contribution in [0.4, 0.5) is 0 Å². The van der Waals surface area contributed by atoms with Crippen molar-refractivity contribution in [3.8, 4) is 5.75 Å². The second kappa shape index (κ2) is 6.26. The molecule has 0 saturated carbocycles. The number of carbonyl (C=O) groups is 2. The van der Waals surface area contributed by atoms with Crippen LogP contribution >= 0.6 is 0 Å². The fourth-order valence-electron chi connectivity index (χ4n) is 2.43. The maximum Gasteiger partial charge on any atom is 0.229 e. The fraction of sp³-hybridized carbons (Fsp3) is 0.500. The molecule has 0 aromatic heterocycles. The van der Waals surface area contributed by atoms with Gasteiger partial charge >= 0.3 is 0 Å². The Hall–Kier alpha value is -1.88. The maximum absolute atomic E-state index is 11.5. The van der Waals surface area contributed by atoms with Gasteiger partial charge in [0.25, 0.3) is 0 Å². The highest BCUT2D eigenvalue weighted by atomic mass is 16.5. The van der Waals surface area contributed by atoms with Gasteiger partial charge in [0.1, 0.15) is 18.5 Å². The second-order valence-corrected chi connectivity index (χ2v) is 5.57. The minimum atomic E-state index is -0.879. The molecule has 5 nitrogen and oxygen atoms in total. The molecule has 1 unspecified atom stereocenters. The number of β-amino-alcohol motifs (C(OH)–C–C–N with tert-alkyl or cyclic N) is 1. The number of rotatable bonds is 5. The predicted octanol–water partition coefficient (Wildman–Crippen LogP) is 1.50. The molecule has 1 aromatic rings. The molecule has 1 heterocycles. The summed E-state index contributed by atoms with van der Waals surface area (Å²) in [7, 11) is 0. The van der Waals surface area contributed by atoms with Gasteiger partial charge in [-0.3, -0.25) is 14.5 Å². The Labute approximate surface area is 124 Å². The molecule has 0 bridgehead atoms. The molecule has 1 aromatic carbocycles. The molecule has 1 aliphatic heterocycles. The molecule has 1 saturated heterocycles. The lowest BCUT2D eigenvalue weighted by Gasteiger charge is -2.20. The Balaban J connectivity index is 1.94. The monoisotopic (exact) mass is 291 g/mol. The zero-order valence-corrected chi connectivity index (χ0v) is 12.7. The van der Waals surface area contributed by atoms with Gasteiger partial charge in [0.05, 0.1) is 6.54 Å². The average molecular weight is 291 g/mol.